The van der Waals surface area contributed by atoms with E-state index < -0.39 is 41.6 Å². The van der Waals surface area contributed by atoms with Crippen molar-refractivity contribution >= 4 is 12.1 Å². The van der Waals surface area contributed by atoms with Crippen LogP contribution in [-0.4, -0.2) is 12.1 Å². The summed E-state index contributed by atoms with van der Waals surface area (Å²) in [5.41, 5.74) is -0.795. The second-order valence-electron chi connectivity index (χ2n) is 3.36. The van der Waals surface area contributed by atoms with Crippen molar-refractivity contribution in [1.82, 2.24) is 0 Å². The van der Waals surface area contributed by atoms with Crippen LogP contribution in [0.1, 0.15) is 17.5 Å². The summed E-state index contributed by atoms with van der Waals surface area (Å²) in [6.45, 7) is 1.10. The number of benzene rings is 1. The van der Waals surface area contributed by atoms with Crippen molar-refractivity contribution in [2.24, 2.45) is 0 Å². The number of Topliss-reactive ketones (excluding diaryl/α,β-unsaturated/α-hetero) is 1. The van der Waals surface area contributed by atoms with Crippen LogP contribution in [0.25, 0.3) is 0 Å². The highest BCUT2D eigenvalue weighted by molar-refractivity contribution is 5.91. The van der Waals surface area contributed by atoms with E-state index in [9.17, 15) is 22.8 Å². The Bertz CT molecular complexity index is 441. The van der Waals surface area contributed by atoms with Gasteiger partial charge < -0.3 is 4.79 Å². The molecule has 1 aromatic carbocycles. The van der Waals surface area contributed by atoms with Crippen LogP contribution >= 0.6 is 0 Å². The van der Waals surface area contributed by atoms with E-state index in [4.69, 9.17) is 0 Å². The van der Waals surface area contributed by atoms with E-state index in [1.165, 1.54) is 0 Å². The van der Waals surface area contributed by atoms with Crippen LogP contribution in [0.2, 0.25) is 0 Å². The Morgan fingerprint density at radius 2 is 1.94 bits per heavy atom. The Labute approximate surface area is 90.1 Å². The maximum Gasteiger partial charge on any atom is 0.164 e. The molecule has 0 N–H and O–H groups in total. The first-order valence-corrected chi connectivity index (χ1v) is 4.55. The second-order valence-corrected chi connectivity index (χ2v) is 3.36. The topological polar surface area (TPSA) is 34.1 Å². The zero-order valence-corrected chi connectivity index (χ0v) is 8.52. The number of aldehydes is 1. The summed E-state index contributed by atoms with van der Waals surface area (Å²) in [7, 11) is 0. The molecule has 1 aromatic rings. The Morgan fingerprint density at radius 1 is 1.31 bits per heavy atom. The van der Waals surface area contributed by atoms with E-state index in [0.29, 0.717) is 6.29 Å². The highest BCUT2D eigenvalue weighted by atomic mass is 19.2. The highest BCUT2D eigenvalue weighted by Gasteiger charge is 2.17. The molecule has 0 atom stereocenters. The van der Waals surface area contributed by atoms with Gasteiger partial charge in [-0.3, -0.25) is 4.79 Å². The zero-order chi connectivity index (χ0) is 12.3. The molecular formula is C11H9F3O2. The van der Waals surface area contributed by atoms with Crippen molar-refractivity contribution < 1.29 is 22.8 Å². The fraction of sp³-hybridized carbons (Fsp3) is 0.273. The predicted octanol–water partition coefficient (Wildman–Crippen LogP) is 2.11. The lowest BCUT2D eigenvalue weighted by Crippen LogP contribution is -2.08. The largest absolute Gasteiger partial charge is 0.303 e. The third kappa shape index (κ3) is 2.48. The molecule has 0 spiro atoms. The minimum absolute atomic E-state index is 0.362. The molecule has 0 bridgehead atoms. The van der Waals surface area contributed by atoms with E-state index in [2.05, 4.69) is 0 Å². The molecule has 0 aliphatic heterocycles. The smallest absolute Gasteiger partial charge is 0.164 e. The predicted molar refractivity (Wildman–Crippen MR) is 50.4 cm³/mol. The quantitative estimate of drug-likeness (QED) is 0.451. The normalized spacial score (nSPS) is 10.2. The molecule has 86 valence electrons. The third-order valence-electron chi connectivity index (χ3n) is 2.16. The van der Waals surface area contributed by atoms with Gasteiger partial charge in [0.05, 0.1) is 6.42 Å². The lowest BCUT2D eigenvalue weighted by molar-refractivity contribution is -0.121. The number of carbonyl (C=O) groups excluding carboxylic acids is 2. The molecule has 0 fully saturated rings. The van der Waals surface area contributed by atoms with Crippen LogP contribution in [0.5, 0.6) is 0 Å². The van der Waals surface area contributed by atoms with Crippen molar-refractivity contribution in [2.75, 3.05) is 0 Å². The van der Waals surface area contributed by atoms with Gasteiger partial charge >= 0.3 is 0 Å². The number of rotatable bonds is 4. The summed E-state index contributed by atoms with van der Waals surface area (Å²) in [5, 5.41) is 0. The van der Waals surface area contributed by atoms with Crippen LogP contribution in [0, 0.1) is 24.4 Å². The molecule has 0 aliphatic rings. The Kier molecular flexibility index (Phi) is 3.82. The van der Waals surface area contributed by atoms with Gasteiger partial charge in [0.1, 0.15) is 17.9 Å². The maximum absolute atomic E-state index is 13.3. The lowest BCUT2D eigenvalue weighted by Gasteiger charge is -2.06. The van der Waals surface area contributed by atoms with Gasteiger partial charge in [0.15, 0.2) is 11.6 Å². The minimum Gasteiger partial charge on any atom is -0.303 e. The summed E-state index contributed by atoms with van der Waals surface area (Å²) in [6.07, 6.45) is -0.517. The van der Waals surface area contributed by atoms with Gasteiger partial charge in [0.25, 0.3) is 0 Å². The van der Waals surface area contributed by atoms with E-state index >= 15 is 0 Å². The van der Waals surface area contributed by atoms with Gasteiger partial charge in [-0.1, -0.05) is 0 Å². The van der Waals surface area contributed by atoms with Crippen LogP contribution in [0.15, 0.2) is 6.07 Å². The zero-order valence-electron chi connectivity index (χ0n) is 8.52. The Morgan fingerprint density at radius 3 is 2.50 bits per heavy atom. The Hall–Kier alpha value is -1.65. The highest BCUT2D eigenvalue weighted by Crippen LogP contribution is 2.19. The van der Waals surface area contributed by atoms with Gasteiger partial charge in [-0.15, -0.1) is 0 Å². The molecule has 2 nitrogen and oxygen atoms in total. The molecule has 0 aliphatic carbocycles. The first-order chi connectivity index (χ1) is 7.47. The van der Waals surface area contributed by atoms with Crippen LogP contribution in [0.4, 0.5) is 13.2 Å². The average molecular weight is 230 g/mol. The maximum atomic E-state index is 13.3. The van der Waals surface area contributed by atoms with Gasteiger partial charge in [0, 0.05) is 17.5 Å². The number of hydrogen-bond donors (Lipinski definition) is 0. The molecule has 0 heterocycles. The number of carbonyl (C=O) groups is 2. The van der Waals surface area contributed by atoms with Crippen molar-refractivity contribution in [3.63, 3.8) is 0 Å². The second kappa shape index (κ2) is 4.92. The monoisotopic (exact) mass is 230 g/mol. The average Bonchev–Trinajstić information content (AvgIpc) is 2.23. The van der Waals surface area contributed by atoms with Gasteiger partial charge in [-0.2, -0.15) is 0 Å². The number of halogens is 3. The summed E-state index contributed by atoms with van der Waals surface area (Å²) < 4.78 is 39.4. The minimum atomic E-state index is -1.30. The fourth-order valence-electron chi connectivity index (χ4n) is 1.24. The molecular weight excluding hydrogens is 221 g/mol. The van der Waals surface area contributed by atoms with Crippen molar-refractivity contribution in [3.8, 4) is 0 Å². The number of hydrogen-bond acceptors (Lipinski definition) is 2. The molecule has 5 heteroatoms. The van der Waals surface area contributed by atoms with Gasteiger partial charge in [-0.05, 0) is 13.0 Å². The molecule has 0 aromatic heterocycles. The van der Waals surface area contributed by atoms with Gasteiger partial charge in [-0.25, -0.2) is 13.2 Å². The summed E-state index contributed by atoms with van der Waals surface area (Å²) >= 11 is 0. The standard InChI is InChI=1S/C11H9F3O2/c1-6-9(12)5-7(11(14)10(6)13)4-8(16)2-3-15/h3,5H,2,4H2,1H3. The van der Waals surface area contributed by atoms with Gasteiger partial charge in [0.2, 0.25) is 0 Å². The number of ketones is 1. The molecule has 0 amide bonds. The van der Waals surface area contributed by atoms with E-state index in [0.717, 1.165) is 13.0 Å². The van der Waals surface area contributed by atoms with Crippen molar-refractivity contribution in [1.29, 1.82) is 0 Å². The summed E-state index contributed by atoms with van der Waals surface area (Å²) in [5.74, 6) is -4.03. The van der Waals surface area contributed by atoms with Crippen LogP contribution < -0.4 is 0 Å². The van der Waals surface area contributed by atoms with Crippen LogP contribution in [-0.2, 0) is 16.0 Å². The Balaban J connectivity index is 3.06. The van der Waals surface area contributed by atoms with E-state index in [1.54, 1.807) is 0 Å². The fourth-order valence-corrected chi connectivity index (χ4v) is 1.24. The molecule has 0 saturated heterocycles. The molecule has 1 rings (SSSR count). The molecule has 0 saturated carbocycles. The van der Waals surface area contributed by atoms with Crippen molar-refractivity contribution in [2.45, 2.75) is 19.8 Å². The third-order valence-corrected chi connectivity index (χ3v) is 2.16. The first kappa shape index (κ1) is 12.4. The molecule has 16 heavy (non-hydrogen) atoms. The van der Waals surface area contributed by atoms with E-state index in [1.807, 2.05) is 0 Å². The molecule has 0 unspecified atom stereocenters. The van der Waals surface area contributed by atoms with E-state index in [-0.39, 0.29) is 5.56 Å². The first-order valence-electron chi connectivity index (χ1n) is 4.55. The van der Waals surface area contributed by atoms with Crippen LogP contribution in [0.3, 0.4) is 0 Å². The summed E-state index contributed by atoms with van der Waals surface area (Å²) in [6, 6.07) is 0.774. The lowest BCUT2D eigenvalue weighted by atomic mass is 10.0. The SMILES string of the molecule is Cc1c(F)cc(CC(=O)CC=O)c(F)c1F. The van der Waals surface area contributed by atoms with Crippen molar-refractivity contribution in [3.05, 3.63) is 34.6 Å². The molecule has 0 radical (unpaired) electrons. The summed E-state index contributed by atoms with van der Waals surface area (Å²) in [4.78, 5) is 21.0.